The quantitative estimate of drug-likeness (QED) is 0.837. The number of carbonyl (C=O) groups excluding carboxylic acids is 1. The van der Waals surface area contributed by atoms with Crippen LogP contribution in [0.3, 0.4) is 0 Å². The minimum Gasteiger partial charge on any atom is -0.379 e. The Bertz CT molecular complexity index is 566. The second-order valence-corrected chi connectivity index (χ2v) is 4.33. The minimum atomic E-state index is -0.336. The number of hydrogen-bond donors (Lipinski definition) is 2. The van der Waals surface area contributed by atoms with Gasteiger partial charge in [0.2, 0.25) is 11.5 Å². The molecule has 1 aliphatic carbocycles. The zero-order valence-corrected chi connectivity index (χ0v) is 9.54. The highest BCUT2D eigenvalue weighted by Crippen LogP contribution is 2.40. The largest absolute Gasteiger partial charge is 0.379 e. The summed E-state index contributed by atoms with van der Waals surface area (Å²) in [6.07, 6.45) is 0.931. The average Bonchev–Trinajstić information content (AvgIpc) is 3.01. The average molecular weight is 244 g/mol. The Morgan fingerprint density at radius 1 is 1.33 bits per heavy atom. The molecule has 1 fully saturated rings. The Balaban J connectivity index is 1.64. The van der Waals surface area contributed by atoms with Crippen LogP contribution in [0.4, 0.5) is 5.82 Å². The highest BCUT2D eigenvalue weighted by Gasteiger charge is 2.40. The van der Waals surface area contributed by atoms with Crippen molar-refractivity contribution >= 4 is 11.7 Å². The molecule has 92 valence electrons. The Morgan fingerprint density at radius 3 is 2.78 bits per heavy atom. The number of benzene rings is 1. The van der Waals surface area contributed by atoms with Crippen LogP contribution in [0.15, 0.2) is 35.0 Å². The lowest BCUT2D eigenvalue weighted by atomic mass is 10.1. The molecule has 3 N–H and O–H groups in total. The van der Waals surface area contributed by atoms with E-state index in [2.05, 4.69) is 32.4 Å². The van der Waals surface area contributed by atoms with Crippen LogP contribution in [0.2, 0.25) is 0 Å². The molecule has 6 nitrogen and oxygen atoms in total. The van der Waals surface area contributed by atoms with E-state index in [-0.39, 0.29) is 23.5 Å². The molecule has 1 amide bonds. The summed E-state index contributed by atoms with van der Waals surface area (Å²) in [6.45, 7) is 0. The van der Waals surface area contributed by atoms with Gasteiger partial charge in [0.15, 0.2) is 0 Å². The van der Waals surface area contributed by atoms with Gasteiger partial charge < -0.3 is 11.1 Å². The molecule has 2 atom stereocenters. The van der Waals surface area contributed by atoms with E-state index in [4.69, 9.17) is 5.73 Å². The highest BCUT2D eigenvalue weighted by atomic mass is 16.6. The molecular weight excluding hydrogens is 232 g/mol. The second kappa shape index (κ2) is 4.14. The van der Waals surface area contributed by atoms with Crippen molar-refractivity contribution in [1.29, 1.82) is 0 Å². The first kappa shape index (κ1) is 10.8. The molecule has 0 bridgehead atoms. The first-order valence-corrected chi connectivity index (χ1v) is 5.69. The monoisotopic (exact) mass is 244 g/mol. The lowest BCUT2D eigenvalue weighted by Gasteiger charge is -2.02. The predicted octanol–water partition coefficient (Wildman–Crippen LogP) is 0.938. The number of nitrogen functional groups attached to an aromatic ring is 1. The second-order valence-electron chi connectivity index (χ2n) is 4.33. The van der Waals surface area contributed by atoms with E-state index in [1.54, 1.807) is 0 Å². The number of hydrogen-bond acceptors (Lipinski definition) is 5. The van der Waals surface area contributed by atoms with Crippen molar-refractivity contribution in [3.63, 3.8) is 0 Å². The summed E-state index contributed by atoms with van der Waals surface area (Å²) in [5.74, 6) is 0.0535. The normalized spacial score (nSPS) is 21.6. The summed E-state index contributed by atoms with van der Waals surface area (Å²) >= 11 is 0. The minimum absolute atomic E-state index is 0.0180. The molecule has 3 rings (SSSR count). The van der Waals surface area contributed by atoms with Gasteiger partial charge in [-0.05, 0) is 22.3 Å². The van der Waals surface area contributed by atoms with Gasteiger partial charge in [-0.2, -0.15) is 0 Å². The topological polar surface area (TPSA) is 94.0 Å². The van der Waals surface area contributed by atoms with Gasteiger partial charge in [0.25, 0.3) is 5.91 Å². The van der Waals surface area contributed by atoms with Crippen molar-refractivity contribution in [2.75, 3.05) is 5.73 Å². The summed E-state index contributed by atoms with van der Waals surface area (Å²) in [5, 5.41) is 9.71. The fourth-order valence-electron chi connectivity index (χ4n) is 2.01. The van der Waals surface area contributed by atoms with Crippen LogP contribution in [-0.4, -0.2) is 22.3 Å². The zero-order chi connectivity index (χ0) is 12.5. The van der Waals surface area contributed by atoms with E-state index in [0.29, 0.717) is 5.92 Å². The van der Waals surface area contributed by atoms with Crippen molar-refractivity contribution < 1.29 is 9.42 Å². The van der Waals surface area contributed by atoms with Crippen LogP contribution in [0, 0.1) is 0 Å². The SMILES string of the molecule is Nc1nonc1C(=O)NC1CC1c1ccccc1. The van der Waals surface area contributed by atoms with E-state index in [0.717, 1.165) is 6.42 Å². The van der Waals surface area contributed by atoms with Crippen LogP contribution >= 0.6 is 0 Å². The molecule has 2 unspecified atom stereocenters. The van der Waals surface area contributed by atoms with Crippen molar-refractivity contribution in [2.24, 2.45) is 0 Å². The van der Waals surface area contributed by atoms with Gasteiger partial charge in [-0.1, -0.05) is 30.3 Å². The number of nitrogens with one attached hydrogen (secondary N) is 1. The summed E-state index contributed by atoms with van der Waals surface area (Å²) in [5.41, 5.74) is 6.74. The summed E-state index contributed by atoms with van der Waals surface area (Å²) in [4.78, 5) is 11.8. The first-order chi connectivity index (χ1) is 8.75. The molecule has 0 aliphatic heterocycles. The smallest absolute Gasteiger partial charge is 0.277 e. The number of carbonyl (C=O) groups is 1. The Hall–Kier alpha value is -2.37. The number of amides is 1. The maximum Gasteiger partial charge on any atom is 0.277 e. The predicted molar refractivity (Wildman–Crippen MR) is 63.8 cm³/mol. The van der Waals surface area contributed by atoms with E-state index in [1.807, 2.05) is 18.2 Å². The van der Waals surface area contributed by atoms with Gasteiger partial charge >= 0.3 is 0 Å². The van der Waals surface area contributed by atoms with Crippen LogP contribution in [0.1, 0.15) is 28.4 Å². The molecule has 0 saturated heterocycles. The van der Waals surface area contributed by atoms with Crippen LogP contribution in [-0.2, 0) is 0 Å². The molecule has 2 aromatic rings. The summed E-state index contributed by atoms with van der Waals surface area (Å²) in [6, 6.07) is 10.2. The van der Waals surface area contributed by atoms with Gasteiger partial charge in [0, 0.05) is 12.0 Å². The van der Waals surface area contributed by atoms with Crippen molar-refractivity contribution in [3.05, 3.63) is 41.6 Å². The molecule has 1 aliphatic rings. The van der Waals surface area contributed by atoms with Gasteiger partial charge in [0.1, 0.15) is 0 Å². The third kappa shape index (κ3) is 1.92. The number of anilines is 1. The number of rotatable bonds is 3. The van der Waals surface area contributed by atoms with E-state index < -0.39 is 0 Å². The lowest BCUT2D eigenvalue weighted by Crippen LogP contribution is -2.27. The van der Waals surface area contributed by atoms with Crippen LogP contribution in [0.5, 0.6) is 0 Å². The van der Waals surface area contributed by atoms with Gasteiger partial charge in [0.05, 0.1) is 0 Å². The Morgan fingerprint density at radius 2 is 2.11 bits per heavy atom. The third-order valence-electron chi connectivity index (χ3n) is 3.06. The molecular formula is C12H12N4O2. The molecule has 0 radical (unpaired) electrons. The van der Waals surface area contributed by atoms with Crippen molar-refractivity contribution in [1.82, 2.24) is 15.6 Å². The van der Waals surface area contributed by atoms with Crippen molar-refractivity contribution in [2.45, 2.75) is 18.4 Å². The molecule has 1 saturated carbocycles. The number of aromatic nitrogens is 2. The first-order valence-electron chi connectivity index (χ1n) is 5.69. The molecule has 1 aromatic heterocycles. The summed E-state index contributed by atoms with van der Waals surface area (Å²) in [7, 11) is 0. The van der Waals surface area contributed by atoms with E-state index in [9.17, 15) is 4.79 Å². The highest BCUT2D eigenvalue weighted by molar-refractivity contribution is 5.96. The van der Waals surface area contributed by atoms with Gasteiger partial charge in [-0.25, -0.2) is 4.63 Å². The van der Waals surface area contributed by atoms with Gasteiger partial charge in [-0.3, -0.25) is 4.79 Å². The Kier molecular flexibility index (Phi) is 2.47. The maximum absolute atomic E-state index is 11.8. The maximum atomic E-state index is 11.8. The van der Waals surface area contributed by atoms with Crippen LogP contribution in [0.25, 0.3) is 0 Å². The lowest BCUT2D eigenvalue weighted by molar-refractivity contribution is 0.0941. The summed E-state index contributed by atoms with van der Waals surface area (Å²) < 4.78 is 4.39. The molecule has 0 spiro atoms. The zero-order valence-electron chi connectivity index (χ0n) is 9.54. The fourth-order valence-corrected chi connectivity index (χ4v) is 2.01. The standard InChI is InChI=1S/C12H12N4O2/c13-11-10(15-18-16-11)12(17)14-9-6-8(9)7-4-2-1-3-5-7/h1-5,8-9H,6H2,(H2,13,16)(H,14,17). The van der Waals surface area contributed by atoms with E-state index in [1.165, 1.54) is 5.56 Å². The number of nitrogens with zero attached hydrogens (tertiary/aromatic N) is 2. The molecule has 1 aromatic carbocycles. The Labute approximate surface area is 103 Å². The third-order valence-corrected chi connectivity index (χ3v) is 3.06. The van der Waals surface area contributed by atoms with Gasteiger partial charge in [-0.15, -0.1) is 0 Å². The fraction of sp³-hybridized carbons (Fsp3) is 0.250. The molecule has 6 heteroatoms. The molecule has 1 heterocycles. The van der Waals surface area contributed by atoms with E-state index >= 15 is 0 Å². The molecule has 18 heavy (non-hydrogen) atoms. The van der Waals surface area contributed by atoms with Crippen LogP contribution < -0.4 is 11.1 Å². The number of nitrogens with two attached hydrogens (primary N) is 1. The van der Waals surface area contributed by atoms with Crippen molar-refractivity contribution in [3.8, 4) is 0 Å².